The van der Waals surface area contributed by atoms with E-state index in [0.717, 1.165) is 5.92 Å². The van der Waals surface area contributed by atoms with E-state index in [1.807, 2.05) is 0 Å². The molecule has 1 heteroatoms. The Morgan fingerprint density at radius 3 is 2.14 bits per heavy atom. The van der Waals surface area contributed by atoms with Crippen LogP contribution in [0.4, 0.5) is 0 Å². The van der Waals surface area contributed by atoms with Crippen molar-refractivity contribution in [2.45, 2.75) is 25.9 Å². The van der Waals surface area contributed by atoms with Crippen LogP contribution in [0.5, 0.6) is 0 Å². The molecular formula is C6H12O. The van der Waals surface area contributed by atoms with Crippen LogP contribution in [0.3, 0.4) is 0 Å². The zero-order valence-electron chi connectivity index (χ0n) is 4.98. The molecule has 0 saturated heterocycles. The van der Waals surface area contributed by atoms with Gasteiger partial charge in [-0.25, -0.2) is 0 Å². The van der Waals surface area contributed by atoms with E-state index < -0.39 is 0 Å². The number of ether oxygens (including phenoxy) is 1. The molecule has 0 amide bonds. The average Bonchev–Trinajstić information content (AvgIpc) is 1.58. The Hall–Kier alpha value is -0.0400. The first kappa shape index (κ1) is 5.10. The number of hydrogen-bond acceptors (Lipinski definition) is 1. The summed E-state index contributed by atoms with van der Waals surface area (Å²) in [7, 11) is 1.79. The fourth-order valence-corrected chi connectivity index (χ4v) is 1.02. The van der Waals surface area contributed by atoms with Crippen LogP contribution in [-0.4, -0.2) is 13.2 Å². The van der Waals surface area contributed by atoms with Gasteiger partial charge in [0.1, 0.15) is 0 Å². The van der Waals surface area contributed by atoms with E-state index in [1.54, 1.807) is 7.11 Å². The lowest BCUT2D eigenvalue weighted by Gasteiger charge is -2.30. The van der Waals surface area contributed by atoms with Gasteiger partial charge in [0.15, 0.2) is 0 Å². The summed E-state index contributed by atoms with van der Waals surface area (Å²) in [6.45, 7) is 2.26. The Morgan fingerprint density at radius 2 is 2.00 bits per heavy atom. The highest BCUT2D eigenvalue weighted by Crippen LogP contribution is 2.28. The summed E-state index contributed by atoms with van der Waals surface area (Å²) in [5.41, 5.74) is 0. The minimum atomic E-state index is 0.593. The van der Waals surface area contributed by atoms with Gasteiger partial charge in [-0.05, 0) is 18.8 Å². The fraction of sp³-hybridized carbons (Fsp3) is 1.00. The topological polar surface area (TPSA) is 9.23 Å². The lowest BCUT2D eigenvalue weighted by atomic mass is 9.84. The largest absolute Gasteiger partial charge is 0.381 e. The molecule has 0 spiro atoms. The predicted octanol–water partition coefficient (Wildman–Crippen LogP) is 1.43. The SMILES string of the molecule is CO[C@H]1C[C@@H](C)C1. The molecular weight excluding hydrogens is 88.1 g/mol. The van der Waals surface area contributed by atoms with Crippen LogP contribution < -0.4 is 0 Å². The van der Waals surface area contributed by atoms with Crippen molar-refractivity contribution in [1.29, 1.82) is 0 Å². The van der Waals surface area contributed by atoms with Crippen molar-refractivity contribution in [3.63, 3.8) is 0 Å². The maximum atomic E-state index is 5.06. The monoisotopic (exact) mass is 100 g/mol. The maximum absolute atomic E-state index is 5.06. The van der Waals surface area contributed by atoms with Crippen molar-refractivity contribution in [3.05, 3.63) is 0 Å². The second-order valence-electron chi connectivity index (χ2n) is 2.43. The first-order valence-corrected chi connectivity index (χ1v) is 2.85. The highest BCUT2D eigenvalue weighted by Gasteiger charge is 2.24. The van der Waals surface area contributed by atoms with Crippen LogP contribution in [0, 0.1) is 5.92 Å². The first-order valence-electron chi connectivity index (χ1n) is 2.85. The van der Waals surface area contributed by atoms with Crippen molar-refractivity contribution in [1.82, 2.24) is 0 Å². The molecule has 1 nitrogen and oxygen atoms in total. The van der Waals surface area contributed by atoms with Gasteiger partial charge in [-0.2, -0.15) is 0 Å². The highest BCUT2D eigenvalue weighted by molar-refractivity contribution is 4.75. The number of rotatable bonds is 1. The summed E-state index contributed by atoms with van der Waals surface area (Å²) >= 11 is 0. The van der Waals surface area contributed by atoms with Gasteiger partial charge in [0.25, 0.3) is 0 Å². The zero-order valence-corrected chi connectivity index (χ0v) is 4.98. The lowest BCUT2D eigenvalue weighted by Crippen LogP contribution is -2.27. The molecule has 0 unspecified atom stereocenters. The Balaban J connectivity index is 2.06. The van der Waals surface area contributed by atoms with Crippen LogP contribution in [0.2, 0.25) is 0 Å². The molecule has 1 aliphatic rings. The van der Waals surface area contributed by atoms with Gasteiger partial charge in [-0.3, -0.25) is 0 Å². The van der Waals surface area contributed by atoms with Crippen molar-refractivity contribution < 1.29 is 4.74 Å². The van der Waals surface area contributed by atoms with Crippen molar-refractivity contribution in [2.24, 2.45) is 5.92 Å². The van der Waals surface area contributed by atoms with Crippen LogP contribution in [0.15, 0.2) is 0 Å². The Labute approximate surface area is 44.7 Å². The lowest BCUT2D eigenvalue weighted by molar-refractivity contribution is 0.00751. The first-order chi connectivity index (χ1) is 3.33. The van der Waals surface area contributed by atoms with Gasteiger partial charge in [0, 0.05) is 7.11 Å². The third-order valence-electron chi connectivity index (χ3n) is 1.66. The molecule has 42 valence electrons. The summed E-state index contributed by atoms with van der Waals surface area (Å²) in [6, 6.07) is 0. The molecule has 0 bridgehead atoms. The Morgan fingerprint density at radius 1 is 1.43 bits per heavy atom. The van der Waals surface area contributed by atoms with Crippen molar-refractivity contribution in [2.75, 3.05) is 7.11 Å². The number of hydrogen-bond donors (Lipinski definition) is 0. The molecule has 1 aliphatic carbocycles. The Kier molecular flexibility index (Phi) is 1.33. The fourth-order valence-electron chi connectivity index (χ4n) is 1.02. The molecule has 0 heterocycles. The molecule has 0 aliphatic heterocycles. The maximum Gasteiger partial charge on any atom is 0.0576 e. The van der Waals surface area contributed by atoms with Crippen LogP contribution in [0.25, 0.3) is 0 Å². The predicted molar refractivity (Wildman–Crippen MR) is 29.2 cm³/mol. The van der Waals surface area contributed by atoms with Gasteiger partial charge in [0.05, 0.1) is 6.10 Å². The molecule has 0 aromatic heterocycles. The van der Waals surface area contributed by atoms with E-state index in [9.17, 15) is 0 Å². The molecule has 0 aromatic carbocycles. The zero-order chi connectivity index (χ0) is 5.28. The van der Waals surface area contributed by atoms with E-state index in [4.69, 9.17) is 4.74 Å². The Bertz CT molecular complexity index is 55.2. The molecule has 0 N–H and O–H groups in total. The van der Waals surface area contributed by atoms with E-state index in [-0.39, 0.29) is 0 Å². The van der Waals surface area contributed by atoms with Crippen molar-refractivity contribution >= 4 is 0 Å². The molecule has 0 radical (unpaired) electrons. The van der Waals surface area contributed by atoms with Crippen LogP contribution >= 0.6 is 0 Å². The average molecular weight is 100 g/mol. The van der Waals surface area contributed by atoms with Gasteiger partial charge in [-0.1, -0.05) is 6.92 Å². The van der Waals surface area contributed by atoms with E-state index >= 15 is 0 Å². The molecule has 0 atom stereocenters. The van der Waals surface area contributed by atoms with Gasteiger partial charge in [0.2, 0.25) is 0 Å². The smallest absolute Gasteiger partial charge is 0.0576 e. The molecule has 0 aromatic rings. The van der Waals surface area contributed by atoms with Gasteiger partial charge < -0.3 is 4.74 Å². The molecule has 7 heavy (non-hydrogen) atoms. The summed E-state index contributed by atoms with van der Waals surface area (Å²) in [4.78, 5) is 0. The summed E-state index contributed by atoms with van der Waals surface area (Å²) in [6.07, 6.45) is 3.14. The number of methoxy groups -OCH3 is 1. The third kappa shape index (κ3) is 0.942. The van der Waals surface area contributed by atoms with Gasteiger partial charge in [-0.15, -0.1) is 0 Å². The molecule has 1 rings (SSSR count). The second kappa shape index (κ2) is 1.83. The third-order valence-corrected chi connectivity index (χ3v) is 1.66. The summed E-state index contributed by atoms with van der Waals surface area (Å²) in [5, 5.41) is 0. The van der Waals surface area contributed by atoms with E-state index in [1.165, 1.54) is 12.8 Å². The summed E-state index contributed by atoms with van der Waals surface area (Å²) < 4.78 is 5.06. The molecule has 1 fully saturated rings. The standard InChI is InChI=1S/C6H12O/c1-5-3-6(4-5)7-2/h5-6H,3-4H2,1-2H3/t5-,6+. The minimum Gasteiger partial charge on any atom is -0.381 e. The second-order valence-corrected chi connectivity index (χ2v) is 2.43. The van der Waals surface area contributed by atoms with Crippen LogP contribution in [0.1, 0.15) is 19.8 Å². The van der Waals surface area contributed by atoms with Crippen LogP contribution in [-0.2, 0) is 4.74 Å². The van der Waals surface area contributed by atoms with E-state index in [0.29, 0.717) is 6.10 Å². The summed E-state index contributed by atoms with van der Waals surface area (Å²) in [5.74, 6) is 0.921. The van der Waals surface area contributed by atoms with Crippen molar-refractivity contribution in [3.8, 4) is 0 Å². The minimum absolute atomic E-state index is 0.593. The van der Waals surface area contributed by atoms with E-state index in [2.05, 4.69) is 6.92 Å². The highest BCUT2D eigenvalue weighted by atomic mass is 16.5. The normalized spacial score (nSPS) is 40.3. The quantitative estimate of drug-likeness (QED) is 0.484. The molecule has 1 saturated carbocycles. The van der Waals surface area contributed by atoms with Gasteiger partial charge >= 0.3 is 0 Å².